The molecule has 0 aliphatic rings. The Labute approximate surface area is 136 Å². The van der Waals surface area contributed by atoms with Crippen LogP contribution in [0.2, 0.25) is 0 Å². The molecule has 0 aliphatic carbocycles. The van der Waals surface area contributed by atoms with E-state index in [4.69, 9.17) is 0 Å². The Balaban J connectivity index is 2.32. The molecular weight excluding hydrogens is 354 g/mol. The zero-order valence-corrected chi connectivity index (χ0v) is 12.0. The SMILES string of the molecule is O=C(Nc1c(F)ccc(NC(=O)C(F)(F)F)c1F)c1ccccc1F. The topological polar surface area (TPSA) is 58.2 Å². The van der Waals surface area contributed by atoms with Crippen LogP contribution < -0.4 is 10.6 Å². The van der Waals surface area contributed by atoms with Crippen LogP contribution in [0.3, 0.4) is 0 Å². The van der Waals surface area contributed by atoms with Gasteiger partial charge in [-0.05, 0) is 24.3 Å². The first-order valence-electron chi connectivity index (χ1n) is 6.53. The minimum Gasteiger partial charge on any atom is -0.317 e. The van der Waals surface area contributed by atoms with Crippen molar-refractivity contribution in [2.75, 3.05) is 10.6 Å². The van der Waals surface area contributed by atoms with E-state index in [0.717, 1.165) is 12.1 Å². The molecule has 25 heavy (non-hydrogen) atoms. The summed E-state index contributed by atoms with van der Waals surface area (Å²) in [6.07, 6.45) is -5.29. The third kappa shape index (κ3) is 4.08. The van der Waals surface area contributed by atoms with Crippen molar-refractivity contribution in [3.63, 3.8) is 0 Å². The lowest BCUT2D eigenvalue weighted by Gasteiger charge is -2.13. The number of carbonyl (C=O) groups is 2. The van der Waals surface area contributed by atoms with E-state index in [0.29, 0.717) is 12.1 Å². The highest BCUT2D eigenvalue weighted by atomic mass is 19.4. The number of nitrogens with one attached hydrogen (secondary N) is 2. The van der Waals surface area contributed by atoms with Gasteiger partial charge in [-0.1, -0.05) is 12.1 Å². The van der Waals surface area contributed by atoms with Crippen LogP contribution in [0.25, 0.3) is 0 Å². The van der Waals surface area contributed by atoms with Crippen LogP contribution in [0, 0.1) is 17.5 Å². The molecule has 0 fully saturated rings. The number of alkyl halides is 3. The number of anilines is 2. The van der Waals surface area contributed by atoms with E-state index in [-0.39, 0.29) is 0 Å². The minimum absolute atomic E-state index is 0.534. The van der Waals surface area contributed by atoms with Crippen molar-refractivity contribution in [3.8, 4) is 0 Å². The number of amides is 2. The van der Waals surface area contributed by atoms with Gasteiger partial charge in [0, 0.05) is 0 Å². The molecule has 10 heteroatoms. The molecule has 0 bridgehead atoms. The molecule has 2 rings (SSSR count). The first kappa shape index (κ1) is 18.3. The number of hydrogen-bond acceptors (Lipinski definition) is 2. The molecule has 0 aromatic heterocycles. The zero-order chi connectivity index (χ0) is 18.8. The molecule has 0 aliphatic heterocycles. The van der Waals surface area contributed by atoms with E-state index in [2.05, 4.69) is 0 Å². The van der Waals surface area contributed by atoms with Gasteiger partial charge in [-0.15, -0.1) is 0 Å². The Kier molecular flexibility index (Phi) is 5.00. The molecule has 0 saturated carbocycles. The van der Waals surface area contributed by atoms with E-state index < -0.39 is 52.4 Å². The Morgan fingerprint density at radius 3 is 2.08 bits per heavy atom. The average molecular weight is 362 g/mol. The van der Waals surface area contributed by atoms with Gasteiger partial charge in [0.25, 0.3) is 5.91 Å². The van der Waals surface area contributed by atoms with Crippen LogP contribution >= 0.6 is 0 Å². The van der Waals surface area contributed by atoms with Crippen LogP contribution in [0.1, 0.15) is 10.4 Å². The quantitative estimate of drug-likeness (QED) is 0.815. The van der Waals surface area contributed by atoms with Crippen molar-refractivity contribution in [2.45, 2.75) is 6.18 Å². The van der Waals surface area contributed by atoms with Gasteiger partial charge >= 0.3 is 12.1 Å². The molecule has 4 nitrogen and oxygen atoms in total. The lowest BCUT2D eigenvalue weighted by molar-refractivity contribution is -0.167. The summed E-state index contributed by atoms with van der Waals surface area (Å²) in [7, 11) is 0. The summed E-state index contributed by atoms with van der Waals surface area (Å²) in [5, 5.41) is 2.94. The van der Waals surface area contributed by atoms with Crippen LogP contribution in [0.15, 0.2) is 36.4 Å². The van der Waals surface area contributed by atoms with Gasteiger partial charge in [0.15, 0.2) is 5.82 Å². The number of carbonyl (C=O) groups excluding carboxylic acids is 2. The standard InChI is InChI=1S/C15H8F6N2O2/c16-8-4-2-1-3-7(8)13(24)23-12-9(17)5-6-10(11(12)18)22-14(25)15(19,20)21/h1-6H,(H,22,25)(H,23,24). The molecular formula is C15H8F6N2O2. The van der Waals surface area contributed by atoms with Crippen LogP contribution in [0.4, 0.5) is 37.7 Å². The molecule has 0 saturated heterocycles. The van der Waals surface area contributed by atoms with Crippen LogP contribution in [-0.2, 0) is 4.79 Å². The molecule has 0 unspecified atom stereocenters. The van der Waals surface area contributed by atoms with Gasteiger partial charge in [0.1, 0.15) is 17.3 Å². The van der Waals surface area contributed by atoms with Crippen molar-refractivity contribution in [1.29, 1.82) is 0 Å². The van der Waals surface area contributed by atoms with Gasteiger partial charge < -0.3 is 10.6 Å². The smallest absolute Gasteiger partial charge is 0.317 e. The fourth-order valence-corrected chi connectivity index (χ4v) is 1.78. The second-order valence-corrected chi connectivity index (χ2v) is 4.67. The first-order chi connectivity index (χ1) is 11.6. The maximum atomic E-state index is 14.1. The second-order valence-electron chi connectivity index (χ2n) is 4.67. The zero-order valence-electron chi connectivity index (χ0n) is 12.0. The summed E-state index contributed by atoms with van der Waals surface area (Å²) in [4.78, 5) is 22.7. The van der Waals surface area contributed by atoms with Crippen molar-refractivity contribution in [3.05, 3.63) is 59.4 Å². The van der Waals surface area contributed by atoms with Crippen molar-refractivity contribution in [2.24, 2.45) is 0 Å². The normalized spacial score (nSPS) is 11.1. The van der Waals surface area contributed by atoms with Gasteiger partial charge in [-0.2, -0.15) is 13.2 Å². The maximum absolute atomic E-state index is 14.1. The number of hydrogen-bond donors (Lipinski definition) is 2. The predicted molar refractivity (Wildman–Crippen MR) is 75.4 cm³/mol. The molecule has 0 spiro atoms. The van der Waals surface area contributed by atoms with Gasteiger partial charge in [0.05, 0.1) is 11.3 Å². The summed E-state index contributed by atoms with van der Waals surface area (Å²) >= 11 is 0. The first-order valence-corrected chi connectivity index (χ1v) is 6.53. The van der Waals surface area contributed by atoms with Gasteiger partial charge in [0.2, 0.25) is 0 Å². The summed E-state index contributed by atoms with van der Waals surface area (Å²) in [5.74, 6) is -7.66. The number of benzene rings is 2. The van der Waals surface area contributed by atoms with Gasteiger partial charge in [-0.25, -0.2) is 13.2 Å². The maximum Gasteiger partial charge on any atom is 0.471 e. The largest absolute Gasteiger partial charge is 0.471 e. The Morgan fingerprint density at radius 1 is 0.840 bits per heavy atom. The number of halogens is 6. The highest BCUT2D eigenvalue weighted by Crippen LogP contribution is 2.28. The third-order valence-corrected chi connectivity index (χ3v) is 2.95. The van der Waals surface area contributed by atoms with Crippen molar-refractivity contribution in [1.82, 2.24) is 0 Å². The lowest BCUT2D eigenvalue weighted by Crippen LogP contribution is -2.30. The van der Waals surface area contributed by atoms with Crippen LogP contribution in [-0.4, -0.2) is 18.0 Å². The van der Waals surface area contributed by atoms with Crippen molar-refractivity contribution >= 4 is 23.2 Å². The number of rotatable bonds is 3. The van der Waals surface area contributed by atoms with Gasteiger partial charge in [-0.3, -0.25) is 9.59 Å². The summed E-state index contributed by atoms with van der Waals surface area (Å²) in [6.45, 7) is 0. The minimum atomic E-state index is -5.29. The highest BCUT2D eigenvalue weighted by Gasteiger charge is 2.39. The molecule has 2 N–H and O–H groups in total. The Hall–Kier alpha value is -3.04. The predicted octanol–water partition coefficient (Wildman–Crippen LogP) is 3.86. The highest BCUT2D eigenvalue weighted by molar-refractivity contribution is 6.05. The Morgan fingerprint density at radius 2 is 1.48 bits per heavy atom. The average Bonchev–Trinajstić information content (AvgIpc) is 2.53. The molecule has 2 aromatic carbocycles. The van der Waals surface area contributed by atoms with E-state index >= 15 is 0 Å². The fourth-order valence-electron chi connectivity index (χ4n) is 1.78. The lowest BCUT2D eigenvalue weighted by atomic mass is 10.2. The molecule has 0 radical (unpaired) electrons. The fraction of sp³-hybridized carbons (Fsp3) is 0.0667. The summed E-state index contributed by atoms with van der Waals surface area (Å²) < 4.78 is 77.9. The monoisotopic (exact) mass is 362 g/mol. The summed E-state index contributed by atoms with van der Waals surface area (Å²) in [6, 6.07) is 5.63. The van der Waals surface area contributed by atoms with Crippen molar-refractivity contribution < 1.29 is 35.9 Å². The molecule has 132 valence electrons. The molecule has 0 atom stereocenters. The van der Waals surface area contributed by atoms with E-state index in [1.54, 1.807) is 5.32 Å². The van der Waals surface area contributed by atoms with E-state index in [1.807, 2.05) is 0 Å². The van der Waals surface area contributed by atoms with E-state index in [1.165, 1.54) is 17.4 Å². The molecule has 2 aromatic rings. The third-order valence-electron chi connectivity index (χ3n) is 2.95. The molecule has 0 heterocycles. The van der Waals surface area contributed by atoms with Crippen LogP contribution in [0.5, 0.6) is 0 Å². The summed E-state index contributed by atoms with van der Waals surface area (Å²) in [5.41, 5.74) is -2.67. The van der Waals surface area contributed by atoms with E-state index in [9.17, 15) is 35.9 Å². The second kappa shape index (κ2) is 6.83. The molecule has 2 amide bonds. The Bertz CT molecular complexity index is 835.